The topological polar surface area (TPSA) is 59.4 Å². The first-order valence-electron chi connectivity index (χ1n) is 7.85. The molecule has 3 rings (SSSR count). The van der Waals surface area contributed by atoms with E-state index >= 15 is 0 Å². The quantitative estimate of drug-likeness (QED) is 0.717. The number of aromatic nitrogens is 1. The minimum Gasteiger partial charge on any atom is -0.271 e. The summed E-state index contributed by atoms with van der Waals surface area (Å²) in [5.41, 5.74) is 1.64. The number of nitrogens with zero attached hydrogens (tertiary/aromatic N) is 2. The number of carbonyl (C=O) groups is 1. The van der Waals surface area contributed by atoms with Gasteiger partial charge in [0.1, 0.15) is 5.03 Å². The second-order valence-corrected chi connectivity index (χ2v) is 7.86. The Balaban J connectivity index is 2.07. The summed E-state index contributed by atoms with van der Waals surface area (Å²) in [5, 5.41) is 0.309. The smallest absolute Gasteiger partial charge is 0.266 e. The fourth-order valence-electron chi connectivity index (χ4n) is 2.61. The highest BCUT2D eigenvalue weighted by atomic mass is 32.2. The summed E-state index contributed by atoms with van der Waals surface area (Å²) in [4.78, 5) is 17.0. The maximum absolute atomic E-state index is 13.0. The molecular weight excluding hydrogens is 332 g/mol. The molecule has 0 saturated heterocycles. The van der Waals surface area contributed by atoms with E-state index in [9.17, 15) is 9.00 Å². The predicted molar refractivity (Wildman–Crippen MR) is 98.7 cm³/mol. The molecule has 2 aromatic carbocycles. The van der Waals surface area contributed by atoms with Crippen molar-refractivity contribution in [2.75, 3.05) is 6.26 Å². The number of amides is 1. The van der Waals surface area contributed by atoms with Crippen molar-refractivity contribution < 1.29 is 9.00 Å². The molecular formula is C20H18N2O2S. The number of pyridine rings is 1. The van der Waals surface area contributed by atoms with E-state index in [0.29, 0.717) is 5.03 Å². The Bertz CT molecular complexity index is 925. The normalized spacial score (nSPS) is 13.2. The first kappa shape index (κ1) is 17.0. The summed E-state index contributed by atoms with van der Waals surface area (Å²) >= 11 is 0. The molecule has 1 aromatic heterocycles. The minimum atomic E-state index is -2.91. The first-order valence-corrected chi connectivity index (χ1v) is 9.77. The number of hydrogen-bond acceptors (Lipinski definition) is 3. The molecule has 4 nitrogen and oxygen atoms in total. The van der Waals surface area contributed by atoms with E-state index < -0.39 is 21.6 Å². The third kappa shape index (κ3) is 4.00. The van der Waals surface area contributed by atoms with Crippen molar-refractivity contribution in [2.24, 2.45) is 4.36 Å². The average molecular weight is 350 g/mol. The van der Waals surface area contributed by atoms with Crippen LogP contribution in [0, 0.1) is 0 Å². The molecule has 0 aliphatic carbocycles. The van der Waals surface area contributed by atoms with Gasteiger partial charge in [-0.05, 0) is 23.3 Å². The third-order valence-corrected chi connectivity index (χ3v) is 5.35. The zero-order valence-electron chi connectivity index (χ0n) is 13.8. The molecule has 1 atom stereocenters. The van der Waals surface area contributed by atoms with Gasteiger partial charge in [-0.3, -0.25) is 4.79 Å². The third-order valence-electron chi connectivity index (χ3n) is 3.80. The van der Waals surface area contributed by atoms with Gasteiger partial charge < -0.3 is 0 Å². The molecule has 0 fully saturated rings. The van der Waals surface area contributed by atoms with Crippen LogP contribution in [0.1, 0.15) is 17.0 Å². The lowest BCUT2D eigenvalue weighted by atomic mass is 9.91. The summed E-state index contributed by atoms with van der Waals surface area (Å²) < 4.78 is 17.0. The van der Waals surface area contributed by atoms with Crippen LogP contribution in [0.5, 0.6) is 0 Å². The van der Waals surface area contributed by atoms with Crippen molar-refractivity contribution in [3.05, 3.63) is 96.2 Å². The van der Waals surface area contributed by atoms with Gasteiger partial charge >= 0.3 is 0 Å². The predicted octanol–water partition coefficient (Wildman–Crippen LogP) is 3.90. The maximum Gasteiger partial charge on any atom is 0.266 e. The molecule has 0 aliphatic heterocycles. The van der Waals surface area contributed by atoms with Crippen molar-refractivity contribution in [1.82, 2.24) is 4.98 Å². The highest BCUT2D eigenvalue weighted by molar-refractivity contribution is 7.93. The molecule has 126 valence electrons. The zero-order chi connectivity index (χ0) is 17.7. The van der Waals surface area contributed by atoms with Crippen LogP contribution in [0.15, 0.2) is 94.4 Å². The molecule has 0 bridgehead atoms. The van der Waals surface area contributed by atoms with Crippen LogP contribution in [-0.4, -0.2) is 21.4 Å². The number of hydrogen-bond donors (Lipinski definition) is 0. The molecule has 1 unspecified atom stereocenters. The Morgan fingerprint density at radius 2 is 1.40 bits per heavy atom. The monoisotopic (exact) mass is 350 g/mol. The van der Waals surface area contributed by atoms with E-state index in [1.165, 1.54) is 6.26 Å². The molecule has 5 heteroatoms. The number of rotatable bonds is 4. The van der Waals surface area contributed by atoms with Gasteiger partial charge in [0.2, 0.25) is 0 Å². The van der Waals surface area contributed by atoms with Crippen molar-refractivity contribution in [3.8, 4) is 0 Å². The van der Waals surface area contributed by atoms with Crippen molar-refractivity contribution in [1.29, 1.82) is 0 Å². The molecule has 0 spiro atoms. The lowest BCUT2D eigenvalue weighted by Crippen LogP contribution is -2.14. The molecule has 0 radical (unpaired) electrons. The van der Waals surface area contributed by atoms with E-state index in [-0.39, 0.29) is 0 Å². The van der Waals surface area contributed by atoms with E-state index in [4.69, 9.17) is 0 Å². The van der Waals surface area contributed by atoms with Crippen molar-refractivity contribution in [2.45, 2.75) is 10.9 Å². The summed E-state index contributed by atoms with van der Waals surface area (Å²) in [7, 11) is -2.91. The van der Waals surface area contributed by atoms with Gasteiger partial charge in [-0.25, -0.2) is 9.19 Å². The largest absolute Gasteiger partial charge is 0.271 e. The highest BCUT2D eigenvalue weighted by Crippen LogP contribution is 2.27. The van der Waals surface area contributed by atoms with Crippen molar-refractivity contribution in [3.63, 3.8) is 0 Å². The Kier molecular flexibility index (Phi) is 5.05. The Hall–Kier alpha value is -2.79. The Labute approximate surface area is 147 Å². The van der Waals surface area contributed by atoms with Crippen LogP contribution in [-0.2, 0) is 14.5 Å². The van der Waals surface area contributed by atoms with E-state index in [1.807, 2.05) is 60.7 Å². The van der Waals surface area contributed by atoms with Gasteiger partial charge in [0.15, 0.2) is 0 Å². The van der Waals surface area contributed by atoms with E-state index in [0.717, 1.165) is 11.1 Å². The maximum atomic E-state index is 13.0. The van der Waals surface area contributed by atoms with E-state index in [1.54, 1.807) is 24.4 Å². The summed E-state index contributed by atoms with van der Waals surface area (Å²) in [5.74, 6) is -1.03. The van der Waals surface area contributed by atoms with Gasteiger partial charge in [-0.1, -0.05) is 66.7 Å². The Morgan fingerprint density at radius 3 is 1.88 bits per heavy atom. The molecule has 1 heterocycles. The summed E-state index contributed by atoms with van der Waals surface area (Å²) in [6, 6.07) is 23.9. The number of benzene rings is 2. The molecule has 3 aromatic rings. The highest BCUT2D eigenvalue weighted by Gasteiger charge is 2.24. The SMILES string of the molecule is CS(=O)(=NC(=O)C(c1ccccc1)c1ccccc1)c1ccccn1. The minimum absolute atomic E-state index is 0.309. The fraction of sp³-hybridized carbons (Fsp3) is 0.100. The van der Waals surface area contributed by atoms with Crippen LogP contribution in [0.4, 0.5) is 0 Å². The Morgan fingerprint density at radius 1 is 0.880 bits per heavy atom. The van der Waals surface area contributed by atoms with Crippen molar-refractivity contribution >= 4 is 15.6 Å². The van der Waals surface area contributed by atoms with Crippen LogP contribution in [0.3, 0.4) is 0 Å². The number of carbonyl (C=O) groups excluding carboxylic acids is 1. The lowest BCUT2D eigenvalue weighted by molar-refractivity contribution is -0.118. The van der Waals surface area contributed by atoms with Crippen LogP contribution < -0.4 is 0 Å². The van der Waals surface area contributed by atoms with Gasteiger partial charge in [0.05, 0.1) is 15.6 Å². The van der Waals surface area contributed by atoms with Crippen LogP contribution >= 0.6 is 0 Å². The molecule has 1 amide bonds. The van der Waals surface area contributed by atoms with Crippen LogP contribution in [0.2, 0.25) is 0 Å². The zero-order valence-corrected chi connectivity index (χ0v) is 14.6. The molecule has 0 aliphatic rings. The second kappa shape index (κ2) is 7.40. The van der Waals surface area contributed by atoms with Gasteiger partial charge in [-0.15, -0.1) is 0 Å². The molecule has 0 saturated carbocycles. The summed E-state index contributed by atoms with van der Waals surface area (Å²) in [6.07, 6.45) is 2.99. The van der Waals surface area contributed by atoms with Gasteiger partial charge in [0.25, 0.3) is 5.91 Å². The standard InChI is InChI=1S/C20H18N2O2S/c1-25(24,18-14-8-9-15-21-18)22-20(23)19(16-10-4-2-5-11-16)17-12-6-3-7-13-17/h2-15,19H,1H3. The second-order valence-electron chi connectivity index (χ2n) is 5.65. The molecule has 0 N–H and O–H groups in total. The molecule has 25 heavy (non-hydrogen) atoms. The fourth-order valence-corrected chi connectivity index (χ4v) is 3.74. The summed E-state index contributed by atoms with van der Waals surface area (Å²) in [6.45, 7) is 0. The lowest BCUT2D eigenvalue weighted by Gasteiger charge is -2.15. The van der Waals surface area contributed by atoms with E-state index in [2.05, 4.69) is 9.35 Å². The van der Waals surface area contributed by atoms with Gasteiger partial charge in [-0.2, -0.15) is 4.36 Å². The first-order chi connectivity index (χ1) is 12.1. The van der Waals surface area contributed by atoms with Gasteiger partial charge in [0, 0.05) is 12.5 Å². The average Bonchev–Trinajstić information content (AvgIpc) is 2.64. The van der Waals surface area contributed by atoms with Crippen LogP contribution in [0.25, 0.3) is 0 Å².